The molecule has 2 rings (SSSR count). The standard InChI is InChI=1S/C12H20N4O/c1-17-12-11(14-4-5-15-12)9-16-6-2-3-10(7-13)8-16/h4-5,10H,2-3,6-9,13H2,1H3/t10-/m1/s1. The number of aromatic nitrogens is 2. The predicted octanol–water partition coefficient (Wildman–Crippen LogP) is 0.656. The number of nitrogens with zero attached hydrogens (tertiary/aromatic N) is 3. The van der Waals surface area contributed by atoms with Gasteiger partial charge in [0.05, 0.1) is 7.11 Å². The molecule has 0 bridgehead atoms. The minimum absolute atomic E-state index is 0.617. The molecule has 1 fully saturated rings. The summed E-state index contributed by atoms with van der Waals surface area (Å²) >= 11 is 0. The van der Waals surface area contributed by atoms with Crippen molar-refractivity contribution in [3.05, 3.63) is 18.1 Å². The summed E-state index contributed by atoms with van der Waals surface area (Å²) in [6, 6.07) is 0. The lowest BCUT2D eigenvalue weighted by atomic mass is 9.98. The molecule has 0 unspecified atom stereocenters. The van der Waals surface area contributed by atoms with Crippen LogP contribution in [0.2, 0.25) is 0 Å². The largest absolute Gasteiger partial charge is 0.480 e. The van der Waals surface area contributed by atoms with Crippen LogP contribution in [0.15, 0.2) is 12.4 Å². The number of nitrogens with two attached hydrogens (primary N) is 1. The third kappa shape index (κ3) is 3.14. The Bertz CT molecular complexity index is 358. The Labute approximate surface area is 102 Å². The number of likely N-dealkylation sites (tertiary alicyclic amines) is 1. The Morgan fingerprint density at radius 2 is 2.29 bits per heavy atom. The highest BCUT2D eigenvalue weighted by Gasteiger charge is 2.20. The van der Waals surface area contributed by atoms with E-state index in [1.165, 1.54) is 12.8 Å². The van der Waals surface area contributed by atoms with Crippen LogP contribution in [0.1, 0.15) is 18.5 Å². The van der Waals surface area contributed by atoms with E-state index in [1.807, 2.05) is 0 Å². The van der Waals surface area contributed by atoms with E-state index in [1.54, 1.807) is 19.5 Å². The summed E-state index contributed by atoms with van der Waals surface area (Å²) in [4.78, 5) is 10.9. The second-order valence-electron chi connectivity index (χ2n) is 4.49. The second kappa shape index (κ2) is 5.93. The summed E-state index contributed by atoms with van der Waals surface area (Å²) in [6.45, 7) is 3.73. The van der Waals surface area contributed by atoms with Crippen LogP contribution < -0.4 is 10.5 Å². The lowest BCUT2D eigenvalue weighted by Gasteiger charge is -2.31. The van der Waals surface area contributed by atoms with Gasteiger partial charge in [0, 0.05) is 25.5 Å². The first kappa shape index (κ1) is 12.3. The molecule has 5 nitrogen and oxygen atoms in total. The van der Waals surface area contributed by atoms with Crippen molar-refractivity contribution in [3.63, 3.8) is 0 Å². The third-order valence-corrected chi connectivity index (χ3v) is 3.24. The summed E-state index contributed by atoms with van der Waals surface area (Å²) in [6.07, 6.45) is 5.82. The van der Waals surface area contributed by atoms with E-state index in [9.17, 15) is 0 Å². The second-order valence-corrected chi connectivity index (χ2v) is 4.49. The topological polar surface area (TPSA) is 64.3 Å². The minimum atomic E-state index is 0.617. The third-order valence-electron chi connectivity index (χ3n) is 3.24. The van der Waals surface area contributed by atoms with E-state index < -0.39 is 0 Å². The average molecular weight is 236 g/mol. The maximum Gasteiger partial charge on any atom is 0.236 e. The van der Waals surface area contributed by atoms with Gasteiger partial charge in [0.15, 0.2) is 0 Å². The van der Waals surface area contributed by atoms with Crippen molar-refractivity contribution in [1.82, 2.24) is 14.9 Å². The van der Waals surface area contributed by atoms with Crippen LogP contribution in [0.5, 0.6) is 5.88 Å². The van der Waals surface area contributed by atoms with Crippen molar-refractivity contribution in [2.75, 3.05) is 26.7 Å². The van der Waals surface area contributed by atoms with Crippen molar-refractivity contribution in [1.29, 1.82) is 0 Å². The van der Waals surface area contributed by atoms with Crippen LogP contribution in [-0.2, 0) is 6.54 Å². The first-order chi connectivity index (χ1) is 8.33. The Morgan fingerprint density at radius 3 is 3.06 bits per heavy atom. The van der Waals surface area contributed by atoms with Crippen molar-refractivity contribution >= 4 is 0 Å². The molecule has 0 amide bonds. The molecule has 0 spiro atoms. The highest BCUT2D eigenvalue weighted by molar-refractivity contribution is 5.16. The van der Waals surface area contributed by atoms with Gasteiger partial charge in [-0.15, -0.1) is 0 Å². The van der Waals surface area contributed by atoms with Gasteiger partial charge in [-0.05, 0) is 31.8 Å². The smallest absolute Gasteiger partial charge is 0.236 e. The van der Waals surface area contributed by atoms with Gasteiger partial charge in [0.2, 0.25) is 5.88 Å². The Hall–Kier alpha value is -1.20. The molecule has 0 radical (unpaired) electrons. The number of rotatable bonds is 4. The number of methoxy groups -OCH3 is 1. The number of hydrogen-bond acceptors (Lipinski definition) is 5. The zero-order valence-electron chi connectivity index (χ0n) is 10.3. The first-order valence-electron chi connectivity index (χ1n) is 6.09. The fourth-order valence-corrected chi connectivity index (χ4v) is 2.33. The Kier molecular flexibility index (Phi) is 4.28. The van der Waals surface area contributed by atoms with Crippen molar-refractivity contribution in [2.24, 2.45) is 11.7 Å². The quantitative estimate of drug-likeness (QED) is 0.832. The monoisotopic (exact) mass is 236 g/mol. The molecule has 1 aromatic heterocycles. The van der Waals surface area contributed by atoms with Gasteiger partial charge in [0.1, 0.15) is 5.69 Å². The van der Waals surface area contributed by atoms with Gasteiger partial charge in [-0.1, -0.05) is 0 Å². The van der Waals surface area contributed by atoms with E-state index in [0.717, 1.165) is 31.9 Å². The van der Waals surface area contributed by atoms with Crippen LogP contribution in [0.4, 0.5) is 0 Å². The van der Waals surface area contributed by atoms with Crippen LogP contribution >= 0.6 is 0 Å². The minimum Gasteiger partial charge on any atom is -0.480 e. The van der Waals surface area contributed by atoms with Gasteiger partial charge >= 0.3 is 0 Å². The predicted molar refractivity (Wildman–Crippen MR) is 65.6 cm³/mol. The lowest BCUT2D eigenvalue weighted by Crippen LogP contribution is -2.38. The van der Waals surface area contributed by atoms with E-state index >= 15 is 0 Å². The molecule has 94 valence electrons. The van der Waals surface area contributed by atoms with Gasteiger partial charge in [-0.25, -0.2) is 4.98 Å². The van der Waals surface area contributed by atoms with Gasteiger partial charge in [-0.2, -0.15) is 0 Å². The first-order valence-corrected chi connectivity index (χ1v) is 6.09. The average Bonchev–Trinajstić information content (AvgIpc) is 2.39. The van der Waals surface area contributed by atoms with Crippen LogP contribution in [0.25, 0.3) is 0 Å². The van der Waals surface area contributed by atoms with E-state index in [0.29, 0.717) is 11.8 Å². The Balaban J connectivity index is 2.00. The molecule has 5 heteroatoms. The van der Waals surface area contributed by atoms with Crippen LogP contribution in [0, 0.1) is 5.92 Å². The van der Waals surface area contributed by atoms with Crippen LogP contribution in [0.3, 0.4) is 0 Å². The summed E-state index contributed by atoms with van der Waals surface area (Å²) in [5.41, 5.74) is 6.65. The molecule has 17 heavy (non-hydrogen) atoms. The molecule has 2 heterocycles. The summed E-state index contributed by atoms with van der Waals surface area (Å²) in [7, 11) is 1.63. The normalized spacial score (nSPS) is 21.4. The van der Waals surface area contributed by atoms with E-state index in [4.69, 9.17) is 10.5 Å². The zero-order chi connectivity index (χ0) is 12.1. The highest BCUT2D eigenvalue weighted by atomic mass is 16.5. The zero-order valence-corrected chi connectivity index (χ0v) is 10.3. The molecule has 1 saturated heterocycles. The lowest BCUT2D eigenvalue weighted by molar-refractivity contribution is 0.167. The molecular weight excluding hydrogens is 216 g/mol. The molecule has 1 aliphatic rings. The van der Waals surface area contributed by atoms with Crippen LogP contribution in [-0.4, -0.2) is 41.6 Å². The Morgan fingerprint density at radius 1 is 1.47 bits per heavy atom. The summed E-state index contributed by atoms with van der Waals surface area (Å²) in [5.74, 6) is 1.24. The molecule has 1 atom stereocenters. The maximum absolute atomic E-state index is 5.74. The van der Waals surface area contributed by atoms with Gasteiger partial charge < -0.3 is 10.5 Å². The summed E-state index contributed by atoms with van der Waals surface area (Å²) < 4.78 is 5.22. The van der Waals surface area contributed by atoms with Crippen molar-refractivity contribution in [3.8, 4) is 5.88 Å². The molecular formula is C12H20N4O. The fourth-order valence-electron chi connectivity index (χ4n) is 2.33. The molecule has 0 saturated carbocycles. The molecule has 0 aliphatic carbocycles. The van der Waals surface area contributed by atoms with Gasteiger partial charge in [0.25, 0.3) is 0 Å². The van der Waals surface area contributed by atoms with Crippen molar-refractivity contribution < 1.29 is 4.74 Å². The summed E-state index contributed by atoms with van der Waals surface area (Å²) in [5, 5.41) is 0. The number of ether oxygens (including phenoxy) is 1. The maximum atomic E-state index is 5.74. The molecule has 1 aliphatic heterocycles. The van der Waals surface area contributed by atoms with Gasteiger partial charge in [-0.3, -0.25) is 9.88 Å². The SMILES string of the molecule is COc1nccnc1CN1CCC[C@H](CN)C1. The molecule has 1 aromatic rings. The van der Waals surface area contributed by atoms with E-state index in [2.05, 4.69) is 14.9 Å². The number of piperidine rings is 1. The number of hydrogen-bond donors (Lipinski definition) is 1. The van der Waals surface area contributed by atoms with E-state index in [-0.39, 0.29) is 0 Å². The van der Waals surface area contributed by atoms with Crippen molar-refractivity contribution in [2.45, 2.75) is 19.4 Å². The fraction of sp³-hybridized carbons (Fsp3) is 0.667. The highest BCUT2D eigenvalue weighted by Crippen LogP contribution is 2.19. The molecule has 0 aromatic carbocycles. The molecule has 2 N–H and O–H groups in total.